The van der Waals surface area contributed by atoms with Crippen molar-refractivity contribution in [2.24, 2.45) is 5.92 Å². The van der Waals surface area contributed by atoms with Gasteiger partial charge in [-0.2, -0.15) is 0 Å². The number of carbonyl (C=O) groups excluding carboxylic acids is 2. The van der Waals surface area contributed by atoms with Crippen molar-refractivity contribution < 1.29 is 24.2 Å². The van der Waals surface area contributed by atoms with Gasteiger partial charge in [0.1, 0.15) is 5.75 Å². The molecule has 3 heterocycles. The van der Waals surface area contributed by atoms with Crippen LogP contribution in [0.4, 0.5) is 11.4 Å². The number of aliphatic hydroxyl groups is 1. The van der Waals surface area contributed by atoms with Crippen LogP contribution in [-0.2, 0) is 26.3 Å². The minimum atomic E-state index is -2.23. The first-order chi connectivity index (χ1) is 20.2. The number of aliphatic hydroxyl groups excluding tert-OH is 1. The Morgan fingerprint density at radius 3 is 2.62 bits per heavy atom. The highest BCUT2D eigenvalue weighted by Crippen LogP contribution is 2.58. The van der Waals surface area contributed by atoms with Gasteiger partial charge in [-0.3, -0.25) is 9.59 Å². The van der Waals surface area contributed by atoms with Crippen LogP contribution in [0.5, 0.6) is 5.75 Å². The van der Waals surface area contributed by atoms with Crippen molar-refractivity contribution in [2.45, 2.75) is 50.1 Å². The molecule has 8 nitrogen and oxygen atoms in total. The summed E-state index contributed by atoms with van der Waals surface area (Å²) in [6.45, 7) is 6.67. The first-order valence-electron chi connectivity index (χ1n) is 14.4. The zero-order chi connectivity index (χ0) is 29.6. The molecule has 4 N–H and O–H groups in total. The number of ether oxygens (including phenoxy) is 2. The van der Waals surface area contributed by atoms with Crippen molar-refractivity contribution in [2.75, 3.05) is 24.4 Å². The van der Waals surface area contributed by atoms with Crippen LogP contribution in [0.1, 0.15) is 24.5 Å². The lowest BCUT2D eigenvalue weighted by atomic mass is 9.82. The maximum atomic E-state index is 13.8. The molecule has 1 aromatic heterocycles. The van der Waals surface area contributed by atoms with Gasteiger partial charge in [-0.05, 0) is 53.9 Å². The number of methoxy groups -OCH3 is 1. The fourth-order valence-corrected chi connectivity index (χ4v) is 11.3. The lowest BCUT2D eigenvalue weighted by molar-refractivity contribution is -0.143. The number of hydrogen-bond donors (Lipinski definition) is 4. The van der Waals surface area contributed by atoms with E-state index < -0.39 is 13.7 Å². The van der Waals surface area contributed by atoms with E-state index >= 15 is 0 Å². The van der Waals surface area contributed by atoms with Gasteiger partial charge in [-0.25, -0.2) is 0 Å². The van der Waals surface area contributed by atoms with Gasteiger partial charge in [-0.1, -0.05) is 55.5 Å². The number of hydrogen-bond acceptors (Lipinski definition) is 5. The highest BCUT2D eigenvalue weighted by molar-refractivity contribution is 6.91. The number of aromatic nitrogens is 1. The van der Waals surface area contributed by atoms with E-state index in [1.807, 2.05) is 60.8 Å². The predicted octanol–water partition coefficient (Wildman–Crippen LogP) is 4.91. The van der Waals surface area contributed by atoms with E-state index in [0.717, 1.165) is 27.8 Å². The summed E-state index contributed by atoms with van der Waals surface area (Å²) in [5, 5.41) is 18.3. The standard InChI is InChI=1S/C33H37N3O5Si/c1-20-31(42(3,4)24-12-10-23(40-2)11-13-24)29(15-16-37)41-33(20)26-18-22(9-14-28(26)36-32(33)39)35-30(38)17-21-19-34-27-8-6-5-7-25(21)27/h5-14,18-20,29,31,34,37H,15-17H2,1-4H3,(H,35,38)(H,36,39)/t20-,29+,31-,33+/m1/s1. The number of H-pyrrole nitrogens is 1. The van der Waals surface area contributed by atoms with E-state index in [4.69, 9.17) is 9.47 Å². The Morgan fingerprint density at radius 2 is 1.88 bits per heavy atom. The van der Waals surface area contributed by atoms with E-state index in [-0.39, 0.29) is 42.4 Å². The zero-order valence-electron chi connectivity index (χ0n) is 24.4. The smallest absolute Gasteiger partial charge is 0.261 e. The van der Waals surface area contributed by atoms with Gasteiger partial charge >= 0.3 is 0 Å². The van der Waals surface area contributed by atoms with Gasteiger partial charge in [0, 0.05) is 46.6 Å². The van der Waals surface area contributed by atoms with Gasteiger partial charge in [0.15, 0.2) is 5.60 Å². The Kier molecular flexibility index (Phi) is 7.20. The molecule has 4 aromatic rings. The molecular weight excluding hydrogens is 546 g/mol. The molecule has 0 saturated carbocycles. The largest absolute Gasteiger partial charge is 0.497 e. The van der Waals surface area contributed by atoms with Crippen LogP contribution in [0.2, 0.25) is 18.6 Å². The molecule has 1 spiro atoms. The van der Waals surface area contributed by atoms with Crippen LogP contribution in [0.15, 0.2) is 72.9 Å². The van der Waals surface area contributed by atoms with Crippen LogP contribution in [-0.4, -0.2) is 49.8 Å². The van der Waals surface area contributed by atoms with E-state index in [1.165, 1.54) is 5.19 Å². The number of aromatic amines is 1. The molecule has 42 heavy (non-hydrogen) atoms. The quantitative estimate of drug-likeness (QED) is 0.220. The van der Waals surface area contributed by atoms with E-state index in [9.17, 15) is 14.7 Å². The summed E-state index contributed by atoms with van der Waals surface area (Å²) in [4.78, 5) is 30.1. The number of para-hydroxylation sites is 1. The fraction of sp³-hybridized carbons (Fsp3) is 0.333. The predicted molar refractivity (Wildman–Crippen MR) is 167 cm³/mol. The first kappa shape index (κ1) is 28.2. The molecule has 0 radical (unpaired) electrons. The molecule has 9 heteroatoms. The van der Waals surface area contributed by atoms with Crippen molar-refractivity contribution in [3.05, 3.63) is 84.1 Å². The highest BCUT2D eigenvalue weighted by atomic mass is 28.3. The molecule has 1 fully saturated rings. The third-order valence-corrected chi connectivity index (χ3v) is 13.7. The number of benzene rings is 3. The maximum Gasteiger partial charge on any atom is 0.261 e. The van der Waals surface area contributed by atoms with Crippen LogP contribution < -0.4 is 20.6 Å². The Balaban J connectivity index is 1.31. The van der Waals surface area contributed by atoms with Crippen LogP contribution in [0.3, 0.4) is 0 Å². The summed E-state index contributed by atoms with van der Waals surface area (Å²) >= 11 is 0. The summed E-state index contributed by atoms with van der Waals surface area (Å²) in [6.07, 6.45) is 2.23. The third-order valence-electron chi connectivity index (χ3n) is 9.31. The first-order valence-corrected chi connectivity index (χ1v) is 17.5. The summed E-state index contributed by atoms with van der Waals surface area (Å²) < 4.78 is 12.2. The molecule has 2 aliphatic heterocycles. The SMILES string of the molecule is COc1ccc([Si](C)(C)[C@H]2[C@H](CCO)O[C@@]3(C(=O)Nc4ccc(NC(=O)Cc5c[nH]c6ccccc56)cc43)[C@@H]2C)cc1. The van der Waals surface area contributed by atoms with Gasteiger partial charge in [0.2, 0.25) is 5.91 Å². The topological polar surface area (TPSA) is 113 Å². The molecule has 6 rings (SSSR count). The molecule has 0 unspecified atom stereocenters. The van der Waals surface area contributed by atoms with Crippen LogP contribution in [0, 0.1) is 5.92 Å². The van der Waals surface area contributed by atoms with E-state index in [2.05, 4.69) is 47.8 Å². The number of nitrogens with one attached hydrogen (secondary N) is 3. The fourth-order valence-electron chi connectivity index (χ4n) is 7.26. The summed E-state index contributed by atoms with van der Waals surface area (Å²) in [7, 11) is -0.580. The number of anilines is 2. The normalized spacial score (nSPS) is 23.3. The Bertz CT molecular complexity index is 1650. The van der Waals surface area contributed by atoms with E-state index in [0.29, 0.717) is 17.8 Å². The van der Waals surface area contributed by atoms with E-state index in [1.54, 1.807) is 7.11 Å². The van der Waals surface area contributed by atoms with Crippen molar-refractivity contribution in [1.29, 1.82) is 0 Å². The van der Waals surface area contributed by atoms with Gasteiger partial charge < -0.3 is 30.2 Å². The van der Waals surface area contributed by atoms with Crippen molar-refractivity contribution >= 4 is 47.4 Å². The van der Waals surface area contributed by atoms with Gasteiger partial charge in [0.25, 0.3) is 5.91 Å². The van der Waals surface area contributed by atoms with Gasteiger partial charge in [-0.15, -0.1) is 0 Å². The van der Waals surface area contributed by atoms with Crippen LogP contribution >= 0.6 is 0 Å². The number of carbonyl (C=O) groups is 2. The number of fused-ring (bicyclic) bond motifs is 3. The molecular formula is C33H37N3O5Si. The Morgan fingerprint density at radius 1 is 1.12 bits per heavy atom. The molecule has 1 saturated heterocycles. The van der Waals surface area contributed by atoms with Crippen molar-refractivity contribution in [1.82, 2.24) is 4.98 Å². The second-order valence-electron chi connectivity index (χ2n) is 12.0. The Hall–Kier alpha value is -3.92. The number of amides is 2. The maximum absolute atomic E-state index is 13.8. The molecule has 218 valence electrons. The molecule has 2 amide bonds. The Labute approximate surface area is 246 Å². The molecule has 3 aromatic carbocycles. The van der Waals surface area contributed by atoms with Crippen molar-refractivity contribution in [3.63, 3.8) is 0 Å². The highest BCUT2D eigenvalue weighted by Gasteiger charge is 2.64. The summed E-state index contributed by atoms with van der Waals surface area (Å²) in [6, 6.07) is 21.6. The summed E-state index contributed by atoms with van der Waals surface area (Å²) in [5.41, 5.74) is 2.78. The zero-order valence-corrected chi connectivity index (χ0v) is 25.4. The molecule has 0 aliphatic carbocycles. The lowest BCUT2D eigenvalue weighted by Crippen LogP contribution is -2.51. The average molecular weight is 584 g/mol. The monoisotopic (exact) mass is 583 g/mol. The van der Waals surface area contributed by atoms with Gasteiger partial charge in [0.05, 0.1) is 27.7 Å². The third kappa shape index (κ3) is 4.52. The minimum absolute atomic E-state index is 0.0323. The number of rotatable bonds is 8. The van der Waals surface area contributed by atoms with Crippen LogP contribution in [0.25, 0.3) is 10.9 Å². The second kappa shape index (κ2) is 10.7. The second-order valence-corrected chi connectivity index (χ2v) is 16.7. The molecule has 4 atom stereocenters. The lowest BCUT2D eigenvalue weighted by Gasteiger charge is -2.37. The molecule has 2 aliphatic rings. The summed E-state index contributed by atoms with van der Waals surface area (Å²) in [5.74, 6) is 0.287. The van der Waals surface area contributed by atoms with Crippen molar-refractivity contribution in [3.8, 4) is 5.75 Å². The molecule has 0 bridgehead atoms. The minimum Gasteiger partial charge on any atom is -0.497 e. The average Bonchev–Trinajstić information content (AvgIpc) is 3.61.